The van der Waals surface area contributed by atoms with Gasteiger partial charge in [-0.25, -0.2) is 43.9 Å². The van der Waals surface area contributed by atoms with E-state index in [4.69, 9.17) is 0 Å². The molecule has 0 nitrogen and oxygen atoms in total. The number of benzene rings is 4. The van der Waals surface area contributed by atoms with E-state index in [0.29, 0.717) is 12.8 Å². The minimum absolute atomic E-state index is 0.0545. The number of halogens is 10. The first-order valence-electron chi connectivity index (χ1n) is 15.5. The summed E-state index contributed by atoms with van der Waals surface area (Å²) in [5.41, 5.74) is 1.30. The SMILES string of the molecule is Cc1cc(C)c(P(c2c(C)cc(C)cc2C)[C@H]2CCCC[C@@H]2B(c2c(F)c(F)c(F)c(F)c2F)c2c(F)c(F)c(F)c(F)c2F)c(C)c1. The predicted molar refractivity (Wildman–Crippen MR) is 171 cm³/mol. The Kier molecular flexibility index (Phi) is 10.1. The average Bonchev–Trinajstić information content (AvgIpc) is 3.02. The molecule has 0 radical (unpaired) electrons. The summed E-state index contributed by atoms with van der Waals surface area (Å²) in [4.78, 5) is 0. The maximum absolute atomic E-state index is 15.7. The molecule has 254 valence electrons. The fourth-order valence-electron chi connectivity index (χ4n) is 7.76. The minimum Gasteiger partial charge on any atom is -0.204 e. The Hall–Kier alpha value is -3.33. The first kappa shape index (κ1) is 36.0. The Morgan fingerprint density at radius 3 is 1.08 bits per heavy atom. The molecule has 1 aliphatic carbocycles. The first-order valence-corrected chi connectivity index (χ1v) is 16.9. The molecular weight excluding hydrogens is 664 g/mol. The van der Waals surface area contributed by atoms with E-state index in [9.17, 15) is 26.3 Å². The van der Waals surface area contributed by atoms with E-state index in [1.54, 1.807) is 0 Å². The summed E-state index contributed by atoms with van der Waals surface area (Å²) in [6.07, 6.45) is 1.08. The van der Waals surface area contributed by atoms with Crippen molar-refractivity contribution in [3.05, 3.63) is 116 Å². The molecule has 0 heterocycles. The molecule has 0 aromatic heterocycles. The van der Waals surface area contributed by atoms with Crippen LogP contribution in [-0.2, 0) is 0 Å². The van der Waals surface area contributed by atoms with Crippen LogP contribution in [0.25, 0.3) is 0 Å². The van der Waals surface area contributed by atoms with Crippen LogP contribution in [0.2, 0.25) is 5.82 Å². The van der Waals surface area contributed by atoms with Crippen LogP contribution in [-0.4, -0.2) is 12.4 Å². The van der Waals surface area contributed by atoms with Gasteiger partial charge in [-0.1, -0.05) is 54.7 Å². The molecule has 1 aliphatic rings. The molecule has 0 saturated heterocycles. The molecule has 0 unspecified atom stereocenters. The largest absolute Gasteiger partial charge is 0.229 e. The van der Waals surface area contributed by atoms with Crippen LogP contribution >= 0.6 is 7.92 Å². The van der Waals surface area contributed by atoms with Gasteiger partial charge in [0.25, 0.3) is 0 Å². The van der Waals surface area contributed by atoms with E-state index in [1.807, 2.05) is 65.8 Å². The molecule has 0 N–H and O–H groups in total. The maximum atomic E-state index is 15.7. The van der Waals surface area contributed by atoms with Crippen LogP contribution in [0, 0.1) is 99.7 Å². The second-order valence-electron chi connectivity index (χ2n) is 12.8. The summed E-state index contributed by atoms with van der Waals surface area (Å²) < 4.78 is 151. The van der Waals surface area contributed by atoms with E-state index in [1.165, 1.54) is 0 Å². The second-order valence-corrected chi connectivity index (χ2v) is 15.1. The fraction of sp³-hybridized carbons (Fsp3) is 0.333. The molecule has 0 amide bonds. The molecular formula is C36H32BF10P. The predicted octanol–water partition coefficient (Wildman–Crippen LogP) is 8.98. The Morgan fingerprint density at radius 1 is 0.458 bits per heavy atom. The zero-order chi connectivity index (χ0) is 35.5. The van der Waals surface area contributed by atoms with Gasteiger partial charge in [-0.05, 0) is 100 Å². The Labute approximate surface area is 274 Å². The third-order valence-corrected chi connectivity index (χ3v) is 13.1. The van der Waals surface area contributed by atoms with Gasteiger partial charge in [0.05, 0.1) is 0 Å². The van der Waals surface area contributed by atoms with Gasteiger partial charge >= 0.3 is 0 Å². The highest BCUT2D eigenvalue weighted by Gasteiger charge is 2.49. The van der Waals surface area contributed by atoms with Crippen LogP contribution in [0.3, 0.4) is 0 Å². The van der Waals surface area contributed by atoms with Crippen molar-refractivity contribution in [2.75, 3.05) is 0 Å². The Morgan fingerprint density at radius 2 is 0.750 bits per heavy atom. The molecule has 1 saturated carbocycles. The maximum Gasteiger partial charge on any atom is 0.229 e. The number of hydrogen-bond donors (Lipinski definition) is 0. The molecule has 4 aromatic carbocycles. The normalized spacial score (nSPS) is 16.6. The lowest BCUT2D eigenvalue weighted by molar-refractivity contribution is 0.381. The first-order chi connectivity index (χ1) is 22.5. The van der Waals surface area contributed by atoms with Crippen molar-refractivity contribution >= 4 is 36.2 Å². The van der Waals surface area contributed by atoms with Crippen LogP contribution in [0.1, 0.15) is 59.1 Å². The molecule has 2 atom stereocenters. The van der Waals surface area contributed by atoms with Gasteiger partial charge in [0.1, 0.15) is 0 Å². The number of rotatable bonds is 6. The summed E-state index contributed by atoms with van der Waals surface area (Å²) in [5, 5.41) is 1.72. The molecule has 0 aliphatic heterocycles. The topological polar surface area (TPSA) is 0 Å². The van der Waals surface area contributed by atoms with E-state index in [0.717, 1.165) is 44.0 Å². The van der Waals surface area contributed by atoms with E-state index < -0.39 is 95.2 Å². The number of hydrogen-bond acceptors (Lipinski definition) is 0. The third kappa shape index (κ3) is 5.94. The van der Waals surface area contributed by atoms with E-state index in [-0.39, 0.29) is 12.8 Å². The van der Waals surface area contributed by atoms with Crippen molar-refractivity contribution < 1.29 is 43.9 Å². The molecule has 5 rings (SSSR count). The summed E-state index contributed by atoms with van der Waals surface area (Å²) in [6.45, 7) is 8.91. The highest BCUT2D eigenvalue weighted by Crippen LogP contribution is 2.54. The molecule has 4 aromatic rings. The lowest BCUT2D eigenvalue weighted by atomic mass is 9.31. The lowest BCUT2D eigenvalue weighted by Crippen LogP contribution is -2.56. The van der Waals surface area contributed by atoms with Crippen LogP contribution in [0.5, 0.6) is 0 Å². The zero-order valence-corrected chi connectivity index (χ0v) is 28.0. The average molecular weight is 696 g/mol. The summed E-state index contributed by atoms with van der Waals surface area (Å²) >= 11 is 0. The van der Waals surface area contributed by atoms with Crippen molar-refractivity contribution in [2.24, 2.45) is 0 Å². The Bertz CT molecular complexity index is 1710. The van der Waals surface area contributed by atoms with Gasteiger partial charge in [-0.2, -0.15) is 0 Å². The van der Waals surface area contributed by atoms with Gasteiger partial charge in [-0.15, -0.1) is 0 Å². The van der Waals surface area contributed by atoms with Gasteiger partial charge in [-0.3, -0.25) is 0 Å². The van der Waals surface area contributed by atoms with E-state index >= 15 is 17.6 Å². The Balaban J connectivity index is 1.92. The van der Waals surface area contributed by atoms with Crippen molar-refractivity contribution in [3.8, 4) is 0 Å². The highest BCUT2D eigenvalue weighted by atomic mass is 31.1. The van der Waals surface area contributed by atoms with Gasteiger partial charge in [0.15, 0.2) is 58.2 Å². The van der Waals surface area contributed by atoms with Gasteiger partial charge in [0.2, 0.25) is 6.71 Å². The summed E-state index contributed by atoms with van der Waals surface area (Å²) in [6, 6.07) is 7.78. The summed E-state index contributed by atoms with van der Waals surface area (Å²) in [5.74, 6) is -25.4. The smallest absolute Gasteiger partial charge is 0.204 e. The highest BCUT2D eigenvalue weighted by molar-refractivity contribution is 7.74. The number of aryl methyl sites for hydroxylation is 6. The summed E-state index contributed by atoms with van der Waals surface area (Å²) in [7, 11) is -1.62. The third-order valence-electron chi connectivity index (χ3n) is 9.40. The van der Waals surface area contributed by atoms with Crippen molar-refractivity contribution in [1.82, 2.24) is 0 Å². The minimum atomic E-state index is -2.51. The van der Waals surface area contributed by atoms with Crippen LogP contribution in [0.15, 0.2) is 24.3 Å². The zero-order valence-electron chi connectivity index (χ0n) is 27.1. The second kappa shape index (κ2) is 13.5. The lowest BCUT2D eigenvalue weighted by Gasteiger charge is -2.43. The molecule has 1 fully saturated rings. The van der Waals surface area contributed by atoms with Crippen molar-refractivity contribution in [3.63, 3.8) is 0 Å². The quantitative estimate of drug-likeness (QED) is 0.0621. The standard InChI is InChI=1S/C36H32BF10P/c1-15-11-17(3)35(18(4)12-15)48(36-19(5)13-16(2)14-20(36)6)22-10-8-7-9-21(22)37(23-25(38)29(42)33(46)30(43)26(23)39)24-27(40)31(44)34(47)32(45)28(24)41/h11-14,21-22H,7-10H2,1-6H3/t21-,22-/m0/s1. The van der Waals surface area contributed by atoms with Crippen molar-refractivity contribution in [2.45, 2.75) is 78.7 Å². The van der Waals surface area contributed by atoms with E-state index in [2.05, 4.69) is 0 Å². The van der Waals surface area contributed by atoms with Crippen LogP contribution in [0.4, 0.5) is 43.9 Å². The monoisotopic (exact) mass is 696 g/mol. The van der Waals surface area contributed by atoms with Crippen molar-refractivity contribution in [1.29, 1.82) is 0 Å². The van der Waals surface area contributed by atoms with Crippen LogP contribution < -0.4 is 21.5 Å². The molecule has 12 heteroatoms. The molecule has 0 spiro atoms. The molecule has 0 bridgehead atoms. The molecule has 48 heavy (non-hydrogen) atoms. The van der Waals surface area contributed by atoms with Gasteiger partial charge in [0, 0.05) is 10.9 Å². The van der Waals surface area contributed by atoms with Gasteiger partial charge < -0.3 is 0 Å². The fourth-order valence-corrected chi connectivity index (χ4v) is 11.6.